The van der Waals surface area contributed by atoms with E-state index in [9.17, 15) is 9.59 Å². The lowest BCUT2D eigenvalue weighted by atomic mass is 10.1. The first-order valence-electron chi connectivity index (χ1n) is 7.12. The second kappa shape index (κ2) is 5.73. The molecule has 3 rings (SSSR count). The molecule has 1 N–H and O–H groups in total. The zero-order valence-corrected chi connectivity index (χ0v) is 12.0. The van der Waals surface area contributed by atoms with E-state index in [1.54, 1.807) is 6.07 Å². The van der Waals surface area contributed by atoms with Crippen molar-refractivity contribution in [2.45, 2.75) is 12.6 Å². The maximum absolute atomic E-state index is 11.8. The average molecular weight is 289 g/mol. The van der Waals surface area contributed by atoms with Crippen molar-refractivity contribution in [1.29, 1.82) is 0 Å². The Hall–Kier alpha value is -2.08. The molecule has 6 nitrogen and oxygen atoms in total. The van der Waals surface area contributed by atoms with Crippen molar-refractivity contribution in [2.24, 2.45) is 0 Å². The molecule has 21 heavy (non-hydrogen) atoms. The van der Waals surface area contributed by atoms with Crippen molar-refractivity contribution in [3.63, 3.8) is 0 Å². The number of nitrogens with zero attached hydrogens (tertiary/aromatic N) is 2. The molecular formula is C15H19N3O3. The third-order valence-corrected chi connectivity index (χ3v) is 4.13. The molecule has 0 saturated carbocycles. The molecular weight excluding hydrogens is 270 g/mol. The van der Waals surface area contributed by atoms with Gasteiger partial charge >= 0.3 is 12.0 Å². The van der Waals surface area contributed by atoms with Crippen molar-refractivity contribution in [3.05, 3.63) is 35.4 Å². The van der Waals surface area contributed by atoms with E-state index >= 15 is 0 Å². The Labute approximate surface area is 123 Å². The molecule has 2 heterocycles. The number of piperazine rings is 1. The first-order valence-corrected chi connectivity index (χ1v) is 7.12. The highest BCUT2D eigenvalue weighted by molar-refractivity contribution is 5.90. The van der Waals surface area contributed by atoms with Crippen LogP contribution in [-0.2, 0) is 11.3 Å². The van der Waals surface area contributed by atoms with Crippen LogP contribution in [0.4, 0.5) is 4.79 Å². The van der Waals surface area contributed by atoms with Gasteiger partial charge in [0.1, 0.15) is 0 Å². The van der Waals surface area contributed by atoms with Gasteiger partial charge in [-0.05, 0) is 11.6 Å². The standard InChI is InChI=1S/C15H19N3O3/c1-21-14(19)13-5-3-2-4-11(13)9-17-6-7-18-12(10-17)8-16-15(18)20/h2-5,12H,6-10H2,1H3,(H,16,20). The van der Waals surface area contributed by atoms with E-state index in [0.29, 0.717) is 18.7 Å². The number of benzene rings is 1. The molecule has 1 unspecified atom stereocenters. The number of carbonyl (C=O) groups is 2. The number of hydrogen-bond donors (Lipinski definition) is 1. The van der Waals surface area contributed by atoms with Gasteiger partial charge in [0.2, 0.25) is 0 Å². The molecule has 0 aliphatic carbocycles. The monoisotopic (exact) mass is 289 g/mol. The van der Waals surface area contributed by atoms with E-state index in [1.165, 1.54) is 7.11 Å². The van der Waals surface area contributed by atoms with Gasteiger partial charge < -0.3 is 15.0 Å². The Morgan fingerprint density at radius 1 is 1.38 bits per heavy atom. The number of ether oxygens (including phenoxy) is 1. The number of hydrogen-bond acceptors (Lipinski definition) is 4. The van der Waals surface area contributed by atoms with Crippen LogP contribution >= 0.6 is 0 Å². The van der Waals surface area contributed by atoms with E-state index in [4.69, 9.17) is 4.74 Å². The number of fused-ring (bicyclic) bond motifs is 1. The number of methoxy groups -OCH3 is 1. The lowest BCUT2D eigenvalue weighted by Gasteiger charge is -2.36. The fourth-order valence-corrected chi connectivity index (χ4v) is 3.02. The fourth-order valence-electron chi connectivity index (χ4n) is 3.02. The Morgan fingerprint density at radius 2 is 2.19 bits per heavy atom. The Bertz CT molecular complexity index is 561. The summed E-state index contributed by atoms with van der Waals surface area (Å²) in [6, 6.07) is 7.78. The van der Waals surface area contributed by atoms with Crippen molar-refractivity contribution in [2.75, 3.05) is 33.3 Å². The molecule has 1 aromatic carbocycles. The van der Waals surface area contributed by atoms with E-state index in [1.807, 2.05) is 23.1 Å². The van der Waals surface area contributed by atoms with Gasteiger partial charge in [-0.25, -0.2) is 9.59 Å². The molecule has 2 amide bonds. The van der Waals surface area contributed by atoms with Gasteiger partial charge in [-0.3, -0.25) is 4.90 Å². The molecule has 0 aromatic heterocycles. The zero-order valence-electron chi connectivity index (χ0n) is 12.0. The largest absolute Gasteiger partial charge is 0.465 e. The third-order valence-electron chi connectivity index (χ3n) is 4.13. The van der Waals surface area contributed by atoms with E-state index < -0.39 is 0 Å². The topological polar surface area (TPSA) is 61.9 Å². The smallest absolute Gasteiger partial charge is 0.338 e. The number of amides is 2. The minimum absolute atomic E-state index is 0.0367. The highest BCUT2D eigenvalue weighted by atomic mass is 16.5. The predicted octanol–water partition coefficient (Wildman–Crippen LogP) is 0.683. The van der Waals surface area contributed by atoms with Crippen LogP contribution in [0.1, 0.15) is 15.9 Å². The third kappa shape index (κ3) is 2.71. The van der Waals surface area contributed by atoms with Gasteiger partial charge in [0.05, 0.1) is 18.7 Å². The van der Waals surface area contributed by atoms with Crippen LogP contribution < -0.4 is 5.32 Å². The SMILES string of the molecule is COC(=O)c1ccccc1CN1CCN2C(=O)NCC2C1. The number of nitrogens with one attached hydrogen (secondary N) is 1. The van der Waals surface area contributed by atoms with Crippen LogP contribution in [0.3, 0.4) is 0 Å². The molecule has 0 spiro atoms. The molecule has 1 aromatic rings. The Kier molecular flexibility index (Phi) is 3.79. The first kappa shape index (κ1) is 13.9. The minimum atomic E-state index is -0.304. The summed E-state index contributed by atoms with van der Waals surface area (Å²) in [6.07, 6.45) is 0. The summed E-state index contributed by atoms with van der Waals surface area (Å²) in [6.45, 7) is 3.78. The van der Waals surface area contributed by atoms with E-state index in [0.717, 1.165) is 25.2 Å². The highest BCUT2D eigenvalue weighted by Gasteiger charge is 2.35. The quantitative estimate of drug-likeness (QED) is 0.831. The second-order valence-electron chi connectivity index (χ2n) is 5.42. The molecule has 112 valence electrons. The van der Waals surface area contributed by atoms with Crippen molar-refractivity contribution >= 4 is 12.0 Å². The molecule has 2 aliphatic heterocycles. The zero-order chi connectivity index (χ0) is 14.8. The summed E-state index contributed by atoms with van der Waals surface area (Å²) >= 11 is 0. The summed E-state index contributed by atoms with van der Waals surface area (Å²) in [7, 11) is 1.40. The van der Waals surface area contributed by atoms with Crippen LogP contribution in [0.5, 0.6) is 0 Å². The lowest BCUT2D eigenvalue weighted by Crippen LogP contribution is -2.51. The summed E-state index contributed by atoms with van der Waals surface area (Å²) in [5.41, 5.74) is 1.58. The molecule has 2 aliphatic rings. The molecule has 0 radical (unpaired) electrons. The average Bonchev–Trinajstić information content (AvgIpc) is 2.88. The molecule has 2 saturated heterocycles. The van der Waals surface area contributed by atoms with Crippen molar-refractivity contribution < 1.29 is 14.3 Å². The van der Waals surface area contributed by atoms with Gasteiger partial charge in [-0.2, -0.15) is 0 Å². The van der Waals surface area contributed by atoms with Gasteiger partial charge in [0, 0.05) is 32.7 Å². The van der Waals surface area contributed by atoms with Crippen LogP contribution in [0.15, 0.2) is 24.3 Å². The minimum Gasteiger partial charge on any atom is -0.465 e. The summed E-state index contributed by atoms with van der Waals surface area (Å²) in [5.74, 6) is -0.304. The van der Waals surface area contributed by atoms with Crippen LogP contribution in [0.2, 0.25) is 0 Å². The highest BCUT2D eigenvalue weighted by Crippen LogP contribution is 2.18. The van der Waals surface area contributed by atoms with E-state index in [-0.39, 0.29) is 18.0 Å². The maximum Gasteiger partial charge on any atom is 0.338 e. The summed E-state index contributed by atoms with van der Waals surface area (Å²) in [4.78, 5) is 27.6. The van der Waals surface area contributed by atoms with Gasteiger partial charge in [0.15, 0.2) is 0 Å². The number of esters is 1. The van der Waals surface area contributed by atoms with Crippen molar-refractivity contribution in [1.82, 2.24) is 15.1 Å². The number of urea groups is 1. The summed E-state index contributed by atoms with van der Waals surface area (Å²) < 4.78 is 4.83. The maximum atomic E-state index is 11.8. The van der Waals surface area contributed by atoms with Crippen LogP contribution in [0, 0.1) is 0 Å². The Morgan fingerprint density at radius 3 is 3.00 bits per heavy atom. The molecule has 1 atom stereocenters. The van der Waals surface area contributed by atoms with Crippen molar-refractivity contribution in [3.8, 4) is 0 Å². The fraction of sp³-hybridized carbons (Fsp3) is 0.467. The number of rotatable bonds is 3. The van der Waals surface area contributed by atoms with Gasteiger partial charge in [-0.15, -0.1) is 0 Å². The van der Waals surface area contributed by atoms with Crippen LogP contribution in [0.25, 0.3) is 0 Å². The van der Waals surface area contributed by atoms with E-state index in [2.05, 4.69) is 10.2 Å². The molecule has 0 bridgehead atoms. The summed E-state index contributed by atoms with van der Waals surface area (Å²) in [5, 5.41) is 2.87. The second-order valence-corrected chi connectivity index (χ2v) is 5.42. The molecule has 6 heteroatoms. The van der Waals surface area contributed by atoms with Gasteiger partial charge in [-0.1, -0.05) is 18.2 Å². The lowest BCUT2D eigenvalue weighted by molar-refractivity contribution is 0.0597. The molecule has 2 fully saturated rings. The number of carbonyl (C=O) groups excluding carboxylic acids is 2. The van der Waals surface area contributed by atoms with Crippen LogP contribution in [-0.4, -0.2) is 61.1 Å². The first-order chi connectivity index (χ1) is 10.2. The normalized spacial score (nSPS) is 21.9. The van der Waals surface area contributed by atoms with Gasteiger partial charge in [0.25, 0.3) is 0 Å². The predicted molar refractivity (Wildman–Crippen MR) is 77.0 cm³/mol. The Balaban J connectivity index is 1.70.